The van der Waals surface area contributed by atoms with Gasteiger partial charge in [0, 0.05) is 11.1 Å². The van der Waals surface area contributed by atoms with Gasteiger partial charge in [0.05, 0.1) is 11.6 Å². The van der Waals surface area contributed by atoms with Crippen molar-refractivity contribution in [3.8, 4) is 0 Å². The number of hydrogen-bond donors (Lipinski definition) is 1. The van der Waals surface area contributed by atoms with Crippen LogP contribution in [0.5, 0.6) is 0 Å². The molecule has 0 aliphatic carbocycles. The van der Waals surface area contributed by atoms with Crippen molar-refractivity contribution in [1.29, 1.82) is 0 Å². The van der Waals surface area contributed by atoms with Crippen LogP contribution >= 0.6 is 0 Å². The van der Waals surface area contributed by atoms with E-state index in [4.69, 9.17) is 5.73 Å². The summed E-state index contributed by atoms with van der Waals surface area (Å²) in [5.41, 5.74) is 3.48. The maximum atomic E-state index is 13.7. The zero-order valence-electron chi connectivity index (χ0n) is 10.4. The Morgan fingerprint density at radius 2 is 1.52 bits per heavy atom. The molecule has 0 bridgehead atoms. The predicted octanol–water partition coefficient (Wildman–Crippen LogP) is 4.17. The van der Waals surface area contributed by atoms with E-state index < -0.39 is 46.4 Å². The molecule has 0 aliphatic heterocycles. The Labute approximate surface area is 116 Å². The van der Waals surface area contributed by atoms with Crippen LogP contribution in [-0.4, -0.2) is 0 Å². The summed E-state index contributed by atoms with van der Waals surface area (Å²) in [6, 6.07) is 3.13. The van der Waals surface area contributed by atoms with Gasteiger partial charge in [-0.05, 0) is 24.3 Å². The van der Waals surface area contributed by atoms with Gasteiger partial charge >= 0.3 is 6.18 Å². The first kappa shape index (κ1) is 15.4. The fraction of sp³-hybridized carbons (Fsp3) is 0.143. The molecule has 2 rings (SSSR count). The van der Waals surface area contributed by atoms with Crippen LogP contribution in [-0.2, 0) is 6.18 Å². The Hall–Kier alpha value is -2.02. The van der Waals surface area contributed by atoms with Crippen molar-refractivity contribution >= 4 is 0 Å². The van der Waals surface area contributed by atoms with Crippen molar-refractivity contribution in [3.05, 3.63) is 70.5 Å². The number of rotatable bonds is 2. The average molecular weight is 305 g/mol. The molecule has 2 aromatic rings. The number of benzene rings is 2. The third-order valence-corrected chi connectivity index (χ3v) is 2.97. The Balaban J connectivity index is 2.53. The summed E-state index contributed by atoms with van der Waals surface area (Å²) in [5.74, 6) is -3.56. The molecule has 0 aromatic heterocycles. The quantitative estimate of drug-likeness (QED) is 0.828. The lowest BCUT2D eigenvalue weighted by Gasteiger charge is -2.16. The molecule has 0 saturated heterocycles. The maximum Gasteiger partial charge on any atom is 0.416 e. The molecule has 0 aliphatic rings. The highest BCUT2D eigenvalue weighted by molar-refractivity contribution is 5.36. The number of alkyl halides is 3. The van der Waals surface area contributed by atoms with Crippen LogP contribution in [0.3, 0.4) is 0 Å². The van der Waals surface area contributed by atoms with E-state index in [1.807, 2.05) is 0 Å². The molecule has 0 heterocycles. The highest BCUT2D eigenvalue weighted by Crippen LogP contribution is 2.33. The van der Waals surface area contributed by atoms with E-state index in [-0.39, 0.29) is 0 Å². The molecule has 7 heteroatoms. The average Bonchev–Trinajstić information content (AvgIpc) is 2.40. The molecule has 0 fully saturated rings. The van der Waals surface area contributed by atoms with Crippen LogP contribution in [0.4, 0.5) is 26.3 Å². The standard InChI is InChI=1S/C14H9F6N/c15-10-5-4-7(14(18,19)20)6-9(10)13(21)8-2-1-3-11(16)12(8)17/h1-6,13H,21H2. The van der Waals surface area contributed by atoms with Gasteiger partial charge in [-0.2, -0.15) is 13.2 Å². The molecule has 21 heavy (non-hydrogen) atoms. The van der Waals surface area contributed by atoms with Crippen LogP contribution in [0, 0.1) is 17.5 Å². The fourth-order valence-electron chi connectivity index (χ4n) is 1.89. The van der Waals surface area contributed by atoms with Gasteiger partial charge in [0.15, 0.2) is 11.6 Å². The van der Waals surface area contributed by atoms with Crippen molar-refractivity contribution in [2.24, 2.45) is 5.73 Å². The second-order valence-corrected chi connectivity index (χ2v) is 4.35. The number of nitrogens with two attached hydrogens (primary N) is 1. The highest BCUT2D eigenvalue weighted by atomic mass is 19.4. The molecule has 0 amide bonds. The summed E-state index contributed by atoms with van der Waals surface area (Å²) in [6.45, 7) is 0. The summed E-state index contributed by atoms with van der Waals surface area (Å²) in [5, 5.41) is 0. The Kier molecular flexibility index (Phi) is 3.95. The van der Waals surface area contributed by atoms with Gasteiger partial charge in [0.2, 0.25) is 0 Å². The first-order valence-corrected chi connectivity index (χ1v) is 5.78. The summed E-state index contributed by atoms with van der Waals surface area (Å²) >= 11 is 0. The van der Waals surface area contributed by atoms with Gasteiger partial charge in [-0.3, -0.25) is 0 Å². The number of hydrogen-bond acceptors (Lipinski definition) is 1. The highest BCUT2D eigenvalue weighted by Gasteiger charge is 2.32. The van der Waals surface area contributed by atoms with Crippen molar-refractivity contribution in [2.45, 2.75) is 12.2 Å². The molecular formula is C14H9F6N. The van der Waals surface area contributed by atoms with Crippen LogP contribution in [0.1, 0.15) is 22.7 Å². The van der Waals surface area contributed by atoms with E-state index in [2.05, 4.69) is 0 Å². The Morgan fingerprint density at radius 1 is 0.857 bits per heavy atom. The fourth-order valence-corrected chi connectivity index (χ4v) is 1.89. The Morgan fingerprint density at radius 3 is 2.14 bits per heavy atom. The maximum absolute atomic E-state index is 13.7. The molecular weight excluding hydrogens is 296 g/mol. The van der Waals surface area contributed by atoms with E-state index in [1.165, 1.54) is 0 Å². The first-order valence-electron chi connectivity index (χ1n) is 5.78. The third kappa shape index (κ3) is 3.02. The third-order valence-electron chi connectivity index (χ3n) is 2.97. The van der Waals surface area contributed by atoms with Gasteiger partial charge in [-0.1, -0.05) is 12.1 Å². The lowest BCUT2D eigenvalue weighted by Crippen LogP contribution is -2.17. The monoisotopic (exact) mass is 305 g/mol. The largest absolute Gasteiger partial charge is 0.416 e. The van der Waals surface area contributed by atoms with Crippen molar-refractivity contribution in [3.63, 3.8) is 0 Å². The molecule has 1 unspecified atom stereocenters. The summed E-state index contributed by atoms with van der Waals surface area (Å²) in [7, 11) is 0. The minimum atomic E-state index is -4.69. The van der Waals surface area contributed by atoms with Crippen LogP contribution in [0.2, 0.25) is 0 Å². The summed E-state index contributed by atoms with van der Waals surface area (Å²) < 4.78 is 78.2. The minimum Gasteiger partial charge on any atom is -0.320 e. The van der Waals surface area contributed by atoms with Crippen LogP contribution in [0.25, 0.3) is 0 Å². The molecule has 0 saturated carbocycles. The SMILES string of the molecule is NC(c1cc(C(F)(F)F)ccc1F)c1cccc(F)c1F. The molecule has 112 valence electrons. The van der Waals surface area contributed by atoms with Crippen LogP contribution in [0.15, 0.2) is 36.4 Å². The molecule has 2 N–H and O–H groups in total. The predicted molar refractivity (Wildman–Crippen MR) is 63.8 cm³/mol. The Bertz CT molecular complexity index is 665. The summed E-state index contributed by atoms with van der Waals surface area (Å²) in [6.07, 6.45) is -4.69. The lowest BCUT2D eigenvalue weighted by atomic mass is 9.96. The van der Waals surface area contributed by atoms with E-state index >= 15 is 0 Å². The van der Waals surface area contributed by atoms with E-state index in [0.29, 0.717) is 18.2 Å². The van der Waals surface area contributed by atoms with Crippen molar-refractivity contribution in [1.82, 2.24) is 0 Å². The molecule has 0 radical (unpaired) electrons. The minimum absolute atomic E-state index is 0.423. The van der Waals surface area contributed by atoms with Crippen molar-refractivity contribution < 1.29 is 26.3 Å². The zero-order valence-corrected chi connectivity index (χ0v) is 10.4. The molecule has 2 aromatic carbocycles. The van der Waals surface area contributed by atoms with Gasteiger partial charge in [0.1, 0.15) is 5.82 Å². The second-order valence-electron chi connectivity index (χ2n) is 4.35. The molecule has 0 spiro atoms. The topological polar surface area (TPSA) is 26.0 Å². The summed E-state index contributed by atoms with van der Waals surface area (Å²) in [4.78, 5) is 0. The zero-order chi connectivity index (χ0) is 15.8. The van der Waals surface area contributed by atoms with Gasteiger partial charge < -0.3 is 5.73 Å². The lowest BCUT2D eigenvalue weighted by molar-refractivity contribution is -0.137. The first-order chi connectivity index (χ1) is 9.71. The van der Waals surface area contributed by atoms with Gasteiger partial charge in [0.25, 0.3) is 0 Å². The number of halogens is 6. The smallest absolute Gasteiger partial charge is 0.320 e. The van der Waals surface area contributed by atoms with E-state index in [0.717, 1.165) is 18.2 Å². The molecule has 1 atom stereocenters. The van der Waals surface area contributed by atoms with Crippen LogP contribution < -0.4 is 5.73 Å². The van der Waals surface area contributed by atoms with E-state index in [1.54, 1.807) is 0 Å². The molecule has 1 nitrogen and oxygen atoms in total. The second kappa shape index (κ2) is 5.40. The van der Waals surface area contributed by atoms with Crippen molar-refractivity contribution in [2.75, 3.05) is 0 Å². The van der Waals surface area contributed by atoms with E-state index in [9.17, 15) is 26.3 Å². The van der Waals surface area contributed by atoms with Gasteiger partial charge in [-0.15, -0.1) is 0 Å². The normalized spacial score (nSPS) is 13.3. The van der Waals surface area contributed by atoms with Gasteiger partial charge in [-0.25, -0.2) is 13.2 Å².